The Labute approximate surface area is 90.3 Å². The van der Waals surface area contributed by atoms with Gasteiger partial charge in [-0.25, -0.2) is 0 Å². The summed E-state index contributed by atoms with van der Waals surface area (Å²) in [7, 11) is 0. The summed E-state index contributed by atoms with van der Waals surface area (Å²) < 4.78 is 5.04. The number of hydrogen-bond acceptors (Lipinski definition) is 2. The SMILES string of the molecule is CCOC(=O)[C@H]1C[C@]1(C)c1ccccc1. The molecule has 0 aromatic heterocycles. The highest BCUT2D eigenvalue weighted by Gasteiger charge is 2.56. The van der Waals surface area contributed by atoms with Gasteiger partial charge in [0.05, 0.1) is 12.5 Å². The molecule has 0 aliphatic heterocycles. The van der Waals surface area contributed by atoms with Crippen molar-refractivity contribution in [3.63, 3.8) is 0 Å². The van der Waals surface area contributed by atoms with E-state index in [0.717, 1.165) is 6.42 Å². The maximum atomic E-state index is 11.6. The van der Waals surface area contributed by atoms with Gasteiger partial charge in [-0.15, -0.1) is 0 Å². The molecule has 0 spiro atoms. The van der Waals surface area contributed by atoms with Crippen molar-refractivity contribution < 1.29 is 9.53 Å². The van der Waals surface area contributed by atoms with Gasteiger partial charge in [0.25, 0.3) is 0 Å². The molecule has 1 fully saturated rings. The second-order valence-corrected chi connectivity index (χ2v) is 4.29. The van der Waals surface area contributed by atoms with Crippen LogP contribution in [0.2, 0.25) is 0 Å². The minimum absolute atomic E-state index is 0.00745. The fourth-order valence-electron chi connectivity index (χ4n) is 2.09. The van der Waals surface area contributed by atoms with Crippen molar-refractivity contribution in [2.45, 2.75) is 25.7 Å². The van der Waals surface area contributed by atoms with Crippen LogP contribution in [-0.2, 0) is 14.9 Å². The molecular formula is C13H16O2. The van der Waals surface area contributed by atoms with Gasteiger partial charge in [-0.05, 0) is 18.9 Å². The molecule has 0 radical (unpaired) electrons. The summed E-state index contributed by atoms with van der Waals surface area (Å²) in [4.78, 5) is 11.6. The van der Waals surface area contributed by atoms with Gasteiger partial charge in [0.2, 0.25) is 0 Å². The van der Waals surface area contributed by atoms with E-state index in [1.807, 2.05) is 25.1 Å². The van der Waals surface area contributed by atoms with Crippen molar-refractivity contribution >= 4 is 5.97 Å². The van der Waals surface area contributed by atoms with Crippen molar-refractivity contribution in [3.05, 3.63) is 35.9 Å². The van der Waals surface area contributed by atoms with Crippen LogP contribution in [0.25, 0.3) is 0 Å². The topological polar surface area (TPSA) is 26.3 Å². The number of hydrogen-bond donors (Lipinski definition) is 0. The number of esters is 1. The highest BCUT2D eigenvalue weighted by Crippen LogP contribution is 2.54. The Balaban J connectivity index is 2.10. The molecule has 1 saturated carbocycles. The van der Waals surface area contributed by atoms with Gasteiger partial charge in [0, 0.05) is 5.41 Å². The number of carbonyl (C=O) groups is 1. The van der Waals surface area contributed by atoms with E-state index in [1.165, 1.54) is 5.56 Å². The summed E-state index contributed by atoms with van der Waals surface area (Å²) in [6.45, 7) is 4.45. The van der Waals surface area contributed by atoms with Crippen molar-refractivity contribution in [1.29, 1.82) is 0 Å². The number of benzene rings is 1. The van der Waals surface area contributed by atoms with E-state index >= 15 is 0 Å². The quantitative estimate of drug-likeness (QED) is 0.707. The zero-order valence-corrected chi connectivity index (χ0v) is 9.19. The van der Waals surface area contributed by atoms with E-state index in [4.69, 9.17) is 4.74 Å². The predicted molar refractivity (Wildman–Crippen MR) is 58.5 cm³/mol. The zero-order valence-electron chi connectivity index (χ0n) is 9.19. The largest absolute Gasteiger partial charge is 0.466 e. The fraction of sp³-hybridized carbons (Fsp3) is 0.462. The third kappa shape index (κ3) is 1.76. The Morgan fingerprint density at radius 3 is 2.73 bits per heavy atom. The summed E-state index contributed by atoms with van der Waals surface area (Å²) >= 11 is 0. The van der Waals surface area contributed by atoms with Crippen molar-refractivity contribution in [2.75, 3.05) is 6.61 Å². The molecule has 2 rings (SSSR count). The summed E-state index contributed by atoms with van der Waals surface area (Å²) in [5.74, 6) is 0.00343. The maximum Gasteiger partial charge on any atom is 0.309 e. The Hall–Kier alpha value is -1.31. The lowest BCUT2D eigenvalue weighted by molar-refractivity contribution is -0.145. The average molecular weight is 204 g/mol. The van der Waals surface area contributed by atoms with Crippen LogP contribution in [0.5, 0.6) is 0 Å². The molecule has 0 bridgehead atoms. The summed E-state index contributed by atoms with van der Waals surface area (Å²) in [6.07, 6.45) is 0.913. The molecule has 15 heavy (non-hydrogen) atoms. The molecule has 0 heterocycles. The molecule has 1 aromatic rings. The van der Waals surface area contributed by atoms with Gasteiger partial charge in [-0.3, -0.25) is 4.79 Å². The Morgan fingerprint density at radius 1 is 1.47 bits per heavy atom. The molecule has 2 nitrogen and oxygen atoms in total. The molecule has 80 valence electrons. The molecule has 0 N–H and O–H groups in total. The van der Waals surface area contributed by atoms with Crippen LogP contribution in [0.15, 0.2) is 30.3 Å². The fourth-order valence-corrected chi connectivity index (χ4v) is 2.09. The van der Waals surface area contributed by atoms with Gasteiger partial charge in [0.15, 0.2) is 0 Å². The molecular weight excluding hydrogens is 188 g/mol. The maximum absolute atomic E-state index is 11.6. The first-order chi connectivity index (χ1) is 7.18. The summed E-state index contributed by atoms with van der Waals surface area (Å²) in [6, 6.07) is 10.2. The Bertz CT molecular complexity index is 358. The van der Waals surface area contributed by atoms with Crippen LogP contribution in [-0.4, -0.2) is 12.6 Å². The molecule has 1 aromatic carbocycles. The van der Waals surface area contributed by atoms with Crippen LogP contribution in [0.1, 0.15) is 25.8 Å². The Morgan fingerprint density at radius 2 is 2.13 bits per heavy atom. The minimum atomic E-state index is -0.0520. The van der Waals surface area contributed by atoms with Crippen molar-refractivity contribution in [1.82, 2.24) is 0 Å². The summed E-state index contributed by atoms with van der Waals surface area (Å²) in [5, 5.41) is 0. The predicted octanol–water partition coefficient (Wildman–Crippen LogP) is 2.53. The first-order valence-corrected chi connectivity index (χ1v) is 5.40. The standard InChI is InChI=1S/C13H16O2/c1-3-15-12(14)11-9-13(11,2)10-7-5-4-6-8-10/h4-8,11H,3,9H2,1-2H3/t11-,13-/m1/s1. The van der Waals surface area contributed by atoms with Gasteiger partial charge in [-0.1, -0.05) is 37.3 Å². The molecule has 2 heteroatoms. The highest BCUT2D eigenvalue weighted by atomic mass is 16.5. The molecule has 0 unspecified atom stereocenters. The second-order valence-electron chi connectivity index (χ2n) is 4.29. The zero-order chi connectivity index (χ0) is 10.9. The molecule has 0 saturated heterocycles. The minimum Gasteiger partial charge on any atom is -0.466 e. The van der Waals surface area contributed by atoms with E-state index in [9.17, 15) is 4.79 Å². The lowest BCUT2D eigenvalue weighted by atomic mass is 9.96. The van der Waals surface area contributed by atoms with E-state index in [-0.39, 0.29) is 17.3 Å². The first-order valence-electron chi connectivity index (χ1n) is 5.40. The smallest absolute Gasteiger partial charge is 0.309 e. The van der Waals surface area contributed by atoms with E-state index in [1.54, 1.807) is 0 Å². The molecule has 2 atom stereocenters. The second kappa shape index (κ2) is 3.69. The normalized spacial score (nSPS) is 28.5. The van der Waals surface area contributed by atoms with Crippen LogP contribution < -0.4 is 0 Å². The van der Waals surface area contributed by atoms with Gasteiger partial charge < -0.3 is 4.74 Å². The molecule has 1 aliphatic carbocycles. The van der Waals surface area contributed by atoms with E-state index in [2.05, 4.69) is 19.1 Å². The lowest BCUT2D eigenvalue weighted by Crippen LogP contribution is -2.14. The first kappa shape index (κ1) is 10.2. The number of ether oxygens (including phenoxy) is 1. The average Bonchev–Trinajstić information content (AvgIpc) is 2.94. The molecule has 1 aliphatic rings. The van der Waals surface area contributed by atoms with Gasteiger partial charge >= 0.3 is 5.97 Å². The molecule has 0 amide bonds. The Kier molecular flexibility index (Phi) is 2.51. The summed E-state index contributed by atoms with van der Waals surface area (Å²) in [5.41, 5.74) is 1.25. The van der Waals surface area contributed by atoms with Gasteiger partial charge in [0.1, 0.15) is 0 Å². The van der Waals surface area contributed by atoms with Gasteiger partial charge in [-0.2, -0.15) is 0 Å². The third-order valence-corrected chi connectivity index (χ3v) is 3.24. The van der Waals surface area contributed by atoms with Crippen LogP contribution in [0.4, 0.5) is 0 Å². The van der Waals surface area contributed by atoms with Crippen LogP contribution in [0.3, 0.4) is 0 Å². The lowest BCUT2D eigenvalue weighted by Gasteiger charge is -2.10. The van der Waals surface area contributed by atoms with E-state index < -0.39 is 0 Å². The number of rotatable bonds is 3. The van der Waals surface area contributed by atoms with E-state index in [0.29, 0.717) is 6.61 Å². The van der Waals surface area contributed by atoms with Crippen molar-refractivity contribution in [3.8, 4) is 0 Å². The highest BCUT2D eigenvalue weighted by molar-refractivity contribution is 5.79. The number of carbonyl (C=O) groups excluding carboxylic acids is 1. The van der Waals surface area contributed by atoms with Crippen LogP contribution >= 0.6 is 0 Å². The van der Waals surface area contributed by atoms with Crippen LogP contribution in [0, 0.1) is 5.92 Å². The monoisotopic (exact) mass is 204 g/mol. The third-order valence-electron chi connectivity index (χ3n) is 3.24. The van der Waals surface area contributed by atoms with Crippen molar-refractivity contribution in [2.24, 2.45) is 5.92 Å².